The summed E-state index contributed by atoms with van der Waals surface area (Å²) in [6.45, 7) is 1.39. The van der Waals surface area contributed by atoms with Gasteiger partial charge in [-0.15, -0.1) is 0 Å². The van der Waals surface area contributed by atoms with Crippen LogP contribution < -0.4 is 0 Å². The van der Waals surface area contributed by atoms with Crippen molar-refractivity contribution in [1.82, 2.24) is 4.90 Å². The van der Waals surface area contributed by atoms with Gasteiger partial charge in [0.2, 0.25) is 0 Å². The van der Waals surface area contributed by atoms with Crippen LogP contribution in [0, 0.1) is 0 Å². The molecule has 1 aromatic rings. The minimum Gasteiger partial charge on any atom is -0.371 e. The number of benzene rings is 1. The largest absolute Gasteiger partial charge is 0.371 e. The first-order chi connectivity index (χ1) is 8.61. The number of ether oxygens (including phenoxy) is 1. The van der Waals surface area contributed by atoms with E-state index in [2.05, 4.69) is 15.9 Å². The molecule has 0 aromatic heterocycles. The van der Waals surface area contributed by atoms with Gasteiger partial charge < -0.3 is 9.64 Å². The smallest absolute Gasteiger partial charge is 0.254 e. The zero-order valence-electron chi connectivity index (χ0n) is 9.73. The molecule has 2 unspecified atom stereocenters. The highest BCUT2D eigenvalue weighted by Gasteiger charge is 2.35. The highest BCUT2D eigenvalue weighted by molar-refractivity contribution is 9.10. The fraction of sp³-hybridized carbons (Fsp3) is 0.462. The van der Waals surface area contributed by atoms with E-state index in [0.29, 0.717) is 23.7 Å². The fourth-order valence-electron chi connectivity index (χ4n) is 2.64. The first-order valence-corrected chi connectivity index (χ1v) is 7.20. The van der Waals surface area contributed by atoms with Gasteiger partial charge >= 0.3 is 0 Å². The molecule has 3 rings (SSSR count). The molecule has 0 N–H and O–H groups in total. The lowest BCUT2D eigenvalue weighted by molar-refractivity contribution is -0.0303. The molecule has 1 amide bonds. The topological polar surface area (TPSA) is 29.5 Å². The maximum atomic E-state index is 12.4. The van der Waals surface area contributed by atoms with Gasteiger partial charge in [-0.25, -0.2) is 0 Å². The number of nitrogens with zero attached hydrogens (tertiary/aromatic N) is 1. The van der Waals surface area contributed by atoms with Crippen LogP contribution in [0.25, 0.3) is 0 Å². The number of fused-ring (bicyclic) bond motifs is 2. The van der Waals surface area contributed by atoms with E-state index < -0.39 is 0 Å². The van der Waals surface area contributed by atoms with E-state index in [1.165, 1.54) is 0 Å². The van der Waals surface area contributed by atoms with Gasteiger partial charge in [0.1, 0.15) is 0 Å². The first kappa shape index (κ1) is 12.5. The van der Waals surface area contributed by atoms with Crippen molar-refractivity contribution in [3.05, 3.63) is 33.3 Å². The molecule has 0 radical (unpaired) electrons. The molecule has 1 aromatic carbocycles. The minimum atomic E-state index is 0.0402. The zero-order valence-corrected chi connectivity index (χ0v) is 12.1. The summed E-state index contributed by atoms with van der Waals surface area (Å²) in [5.74, 6) is 0.0402. The van der Waals surface area contributed by atoms with Crippen molar-refractivity contribution < 1.29 is 9.53 Å². The Morgan fingerprint density at radius 2 is 1.94 bits per heavy atom. The third kappa shape index (κ3) is 2.42. The van der Waals surface area contributed by atoms with E-state index in [9.17, 15) is 4.79 Å². The van der Waals surface area contributed by atoms with Crippen LogP contribution in [-0.2, 0) is 4.74 Å². The molecule has 2 heterocycles. The number of rotatable bonds is 1. The van der Waals surface area contributed by atoms with E-state index in [0.717, 1.165) is 17.3 Å². The van der Waals surface area contributed by atoms with Crippen LogP contribution in [0.4, 0.5) is 0 Å². The van der Waals surface area contributed by atoms with E-state index >= 15 is 0 Å². The van der Waals surface area contributed by atoms with Gasteiger partial charge in [-0.3, -0.25) is 4.79 Å². The molecular weight excluding hydrogens is 318 g/mol. The number of halogens is 2. The van der Waals surface area contributed by atoms with Crippen molar-refractivity contribution in [2.75, 3.05) is 13.1 Å². The van der Waals surface area contributed by atoms with Crippen LogP contribution in [-0.4, -0.2) is 36.1 Å². The van der Waals surface area contributed by atoms with Gasteiger partial charge in [-0.1, -0.05) is 27.5 Å². The summed E-state index contributed by atoms with van der Waals surface area (Å²) in [5, 5.41) is 0.573. The molecule has 5 heteroatoms. The van der Waals surface area contributed by atoms with Gasteiger partial charge in [0.15, 0.2) is 0 Å². The number of carbonyl (C=O) groups is 1. The minimum absolute atomic E-state index is 0.0402. The Hall–Kier alpha value is -0.580. The monoisotopic (exact) mass is 329 g/mol. The van der Waals surface area contributed by atoms with Crippen molar-refractivity contribution in [2.45, 2.75) is 25.0 Å². The van der Waals surface area contributed by atoms with Crippen LogP contribution in [0.15, 0.2) is 22.7 Å². The van der Waals surface area contributed by atoms with Crippen molar-refractivity contribution in [2.24, 2.45) is 0 Å². The van der Waals surface area contributed by atoms with Crippen molar-refractivity contribution in [3.63, 3.8) is 0 Å². The Labute approximate surface area is 119 Å². The van der Waals surface area contributed by atoms with Crippen molar-refractivity contribution in [3.8, 4) is 0 Å². The van der Waals surface area contributed by atoms with Gasteiger partial charge in [-0.05, 0) is 31.0 Å². The number of likely N-dealkylation sites (tertiary alicyclic amines) is 1. The second kappa shape index (κ2) is 4.83. The number of hydrogen-bond donors (Lipinski definition) is 0. The third-order valence-corrected chi connectivity index (χ3v) is 4.12. The Kier molecular flexibility index (Phi) is 3.34. The number of amides is 1. The Morgan fingerprint density at radius 1 is 1.28 bits per heavy atom. The number of morpholine rings is 1. The lowest BCUT2D eigenvalue weighted by atomic mass is 10.2. The second-order valence-corrected chi connectivity index (χ2v) is 6.18. The molecule has 2 fully saturated rings. The molecule has 96 valence electrons. The van der Waals surface area contributed by atoms with E-state index in [1.807, 2.05) is 11.0 Å². The lowest BCUT2D eigenvalue weighted by Gasteiger charge is -2.32. The maximum Gasteiger partial charge on any atom is 0.254 e. The molecule has 3 nitrogen and oxygen atoms in total. The molecule has 0 spiro atoms. The number of carbonyl (C=O) groups excluding carboxylic acids is 1. The molecule has 0 saturated carbocycles. The number of hydrogen-bond acceptors (Lipinski definition) is 2. The van der Waals surface area contributed by atoms with Gasteiger partial charge in [-0.2, -0.15) is 0 Å². The van der Waals surface area contributed by atoms with Crippen molar-refractivity contribution in [1.29, 1.82) is 0 Å². The fourth-order valence-corrected chi connectivity index (χ4v) is 3.50. The van der Waals surface area contributed by atoms with Crippen LogP contribution in [0.2, 0.25) is 5.02 Å². The SMILES string of the molecule is O=C(c1cc(Cl)cc(Br)c1)N1CC2CCC(C1)O2. The summed E-state index contributed by atoms with van der Waals surface area (Å²) in [6, 6.07) is 5.30. The van der Waals surface area contributed by atoms with Crippen LogP contribution >= 0.6 is 27.5 Å². The normalized spacial score (nSPS) is 26.4. The molecule has 2 aliphatic heterocycles. The van der Waals surface area contributed by atoms with E-state index in [-0.39, 0.29) is 18.1 Å². The average molecular weight is 331 g/mol. The molecule has 2 atom stereocenters. The summed E-state index contributed by atoms with van der Waals surface area (Å²) >= 11 is 9.34. The van der Waals surface area contributed by atoms with E-state index in [4.69, 9.17) is 16.3 Å². The maximum absolute atomic E-state index is 12.4. The molecule has 0 aliphatic carbocycles. The summed E-state index contributed by atoms with van der Waals surface area (Å²) < 4.78 is 6.56. The zero-order chi connectivity index (χ0) is 12.7. The van der Waals surface area contributed by atoms with Crippen LogP contribution in [0.5, 0.6) is 0 Å². The summed E-state index contributed by atoms with van der Waals surface area (Å²) in [6.07, 6.45) is 2.56. The van der Waals surface area contributed by atoms with Crippen LogP contribution in [0.1, 0.15) is 23.2 Å². The molecule has 2 bridgehead atoms. The predicted molar refractivity (Wildman–Crippen MR) is 73.0 cm³/mol. The lowest BCUT2D eigenvalue weighted by Crippen LogP contribution is -2.45. The predicted octanol–water partition coefficient (Wildman–Crippen LogP) is 3.11. The molecule has 2 aliphatic rings. The Balaban J connectivity index is 1.81. The Bertz CT molecular complexity index is 462. The molecule has 2 saturated heterocycles. The molecule has 18 heavy (non-hydrogen) atoms. The highest BCUT2D eigenvalue weighted by atomic mass is 79.9. The second-order valence-electron chi connectivity index (χ2n) is 4.83. The standard InChI is InChI=1S/C13H13BrClNO2/c14-9-3-8(4-10(15)5-9)13(17)16-6-11-1-2-12(7-16)18-11/h3-5,11-12H,1-2,6-7H2. The highest BCUT2D eigenvalue weighted by Crippen LogP contribution is 2.28. The summed E-state index contributed by atoms with van der Waals surface area (Å²) in [7, 11) is 0. The summed E-state index contributed by atoms with van der Waals surface area (Å²) in [4.78, 5) is 14.3. The van der Waals surface area contributed by atoms with E-state index in [1.54, 1.807) is 12.1 Å². The Morgan fingerprint density at radius 3 is 2.56 bits per heavy atom. The average Bonchev–Trinajstić information content (AvgIpc) is 2.66. The van der Waals surface area contributed by atoms with Crippen molar-refractivity contribution >= 4 is 33.4 Å². The third-order valence-electron chi connectivity index (χ3n) is 3.44. The van der Waals surface area contributed by atoms with Gasteiger partial charge in [0.25, 0.3) is 5.91 Å². The molecular formula is C13H13BrClNO2. The quantitative estimate of drug-likeness (QED) is 0.792. The first-order valence-electron chi connectivity index (χ1n) is 6.02. The summed E-state index contributed by atoms with van der Waals surface area (Å²) in [5.41, 5.74) is 0.635. The van der Waals surface area contributed by atoms with Crippen LogP contribution in [0.3, 0.4) is 0 Å². The van der Waals surface area contributed by atoms with Gasteiger partial charge in [0.05, 0.1) is 12.2 Å². The van der Waals surface area contributed by atoms with Gasteiger partial charge in [0, 0.05) is 28.1 Å².